The van der Waals surface area contributed by atoms with Crippen LogP contribution in [0.1, 0.15) is 13.8 Å². The lowest BCUT2D eigenvalue weighted by atomic mass is 10.0. The van der Waals surface area contributed by atoms with E-state index in [0.29, 0.717) is 24.6 Å². The fourth-order valence-electron chi connectivity index (χ4n) is 2.83. The van der Waals surface area contributed by atoms with Gasteiger partial charge in [0.25, 0.3) is 0 Å². The summed E-state index contributed by atoms with van der Waals surface area (Å²) in [5, 5.41) is 3.37. The highest BCUT2D eigenvalue weighted by Gasteiger charge is 2.32. The summed E-state index contributed by atoms with van der Waals surface area (Å²) in [5.74, 6) is 0.648. The van der Waals surface area contributed by atoms with Gasteiger partial charge in [0.2, 0.25) is 0 Å². The van der Waals surface area contributed by atoms with Crippen molar-refractivity contribution in [2.24, 2.45) is 0 Å². The van der Waals surface area contributed by atoms with Crippen molar-refractivity contribution in [1.82, 2.24) is 15.1 Å². The van der Waals surface area contributed by atoms with Crippen LogP contribution in [0.15, 0.2) is 0 Å². The highest BCUT2D eigenvalue weighted by atomic mass is 32.2. The summed E-state index contributed by atoms with van der Waals surface area (Å²) in [6, 6.07) is 0. The maximum absolute atomic E-state index is 11.4. The average molecular weight is 275 g/mol. The van der Waals surface area contributed by atoms with Gasteiger partial charge in [-0.3, -0.25) is 9.80 Å². The van der Waals surface area contributed by atoms with E-state index in [1.165, 1.54) is 0 Å². The van der Waals surface area contributed by atoms with Crippen LogP contribution >= 0.6 is 0 Å². The standard InChI is InChI=1S/C12H25N3O2S/c1-12(2,15-5-3-13-4-6-15)11-14-7-9-18(16,17)10-8-14/h13H,3-11H2,1-2H3. The minimum absolute atomic E-state index is 0.128. The summed E-state index contributed by atoms with van der Waals surface area (Å²) in [6.07, 6.45) is 0. The van der Waals surface area contributed by atoms with Gasteiger partial charge < -0.3 is 5.32 Å². The molecule has 0 unspecified atom stereocenters. The second-order valence-electron chi connectivity index (χ2n) is 5.98. The Labute approximate surface area is 110 Å². The number of sulfone groups is 1. The maximum Gasteiger partial charge on any atom is 0.152 e. The molecule has 0 bridgehead atoms. The van der Waals surface area contributed by atoms with Gasteiger partial charge in [-0.05, 0) is 13.8 Å². The van der Waals surface area contributed by atoms with Crippen molar-refractivity contribution in [3.8, 4) is 0 Å². The molecular formula is C12H25N3O2S. The Balaban J connectivity index is 1.88. The third-order valence-electron chi connectivity index (χ3n) is 4.02. The number of hydrogen-bond donors (Lipinski definition) is 1. The van der Waals surface area contributed by atoms with Crippen LogP contribution in [0.5, 0.6) is 0 Å². The molecular weight excluding hydrogens is 250 g/mol. The van der Waals surface area contributed by atoms with E-state index in [-0.39, 0.29) is 5.54 Å². The molecule has 0 atom stereocenters. The molecule has 0 spiro atoms. The first-order valence-corrected chi connectivity index (χ1v) is 8.60. The van der Waals surface area contributed by atoms with E-state index in [1.807, 2.05) is 0 Å². The lowest BCUT2D eigenvalue weighted by Gasteiger charge is -2.44. The fourth-order valence-corrected chi connectivity index (χ4v) is 4.10. The van der Waals surface area contributed by atoms with E-state index in [9.17, 15) is 8.42 Å². The van der Waals surface area contributed by atoms with Crippen molar-refractivity contribution in [2.75, 3.05) is 57.3 Å². The highest BCUT2D eigenvalue weighted by molar-refractivity contribution is 7.91. The van der Waals surface area contributed by atoms with Crippen LogP contribution in [0, 0.1) is 0 Å². The van der Waals surface area contributed by atoms with Crippen LogP contribution in [0.4, 0.5) is 0 Å². The molecule has 0 saturated carbocycles. The zero-order valence-corrected chi connectivity index (χ0v) is 12.3. The number of hydrogen-bond acceptors (Lipinski definition) is 5. The lowest BCUT2D eigenvalue weighted by Crippen LogP contribution is -2.59. The van der Waals surface area contributed by atoms with Crippen LogP contribution in [0.3, 0.4) is 0 Å². The van der Waals surface area contributed by atoms with Gasteiger partial charge in [0.05, 0.1) is 11.5 Å². The minimum atomic E-state index is -2.76. The summed E-state index contributed by atoms with van der Waals surface area (Å²) >= 11 is 0. The number of rotatable bonds is 3. The zero-order chi connectivity index (χ0) is 13.2. The second-order valence-corrected chi connectivity index (χ2v) is 8.28. The Hall–Kier alpha value is -0.170. The third-order valence-corrected chi connectivity index (χ3v) is 5.63. The Bertz CT molecular complexity index is 361. The van der Waals surface area contributed by atoms with E-state index in [4.69, 9.17) is 0 Å². The molecule has 18 heavy (non-hydrogen) atoms. The Morgan fingerprint density at radius 1 is 1.06 bits per heavy atom. The van der Waals surface area contributed by atoms with Gasteiger partial charge >= 0.3 is 0 Å². The molecule has 2 saturated heterocycles. The fraction of sp³-hybridized carbons (Fsp3) is 1.00. The predicted molar refractivity (Wildman–Crippen MR) is 73.6 cm³/mol. The van der Waals surface area contributed by atoms with Crippen molar-refractivity contribution in [2.45, 2.75) is 19.4 Å². The van der Waals surface area contributed by atoms with Crippen molar-refractivity contribution in [3.63, 3.8) is 0 Å². The normalized spacial score (nSPS) is 27.2. The molecule has 0 aliphatic carbocycles. The van der Waals surface area contributed by atoms with E-state index in [1.54, 1.807) is 0 Å². The van der Waals surface area contributed by atoms with Crippen LogP contribution in [-0.2, 0) is 9.84 Å². The summed E-state index contributed by atoms with van der Waals surface area (Å²) in [7, 11) is -2.76. The van der Waals surface area contributed by atoms with Gasteiger partial charge in [0, 0.05) is 51.4 Å². The van der Waals surface area contributed by atoms with Crippen LogP contribution in [-0.4, -0.2) is 81.1 Å². The van der Waals surface area contributed by atoms with Gasteiger partial charge in [0.15, 0.2) is 9.84 Å². The largest absolute Gasteiger partial charge is 0.314 e. The van der Waals surface area contributed by atoms with Crippen LogP contribution in [0.2, 0.25) is 0 Å². The molecule has 2 fully saturated rings. The maximum atomic E-state index is 11.4. The number of piperazine rings is 1. The molecule has 0 radical (unpaired) electrons. The van der Waals surface area contributed by atoms with E-state index >= 15 is 0 Å². The third kappa shape index (κ3) is 3.66. The quantitative estimate of drug-likeness (QED) is 0.745. The van der Waals surface area contributed by atoms with Crippen LogP contribution < -0.4 is 5.32 Å². The van der Waals surface area contributed by atoms with Crippen molar-refractivity contribution < 1.29 is 8.42 Å². The molecule has 2 aliphatic rings. The van der Waals surface area contributed by atoms with Gasteiger partial charge in [-0.25, -0.2) is 8.42 Å². The average Bonchev–Trinajstić information content (AvgIpc) is 2.33. The molecule has 106 valence electrons. The van der Waals surface area contributed by atoms with Gasteiger partial charge in [0.1, 0.15) is 0 Å². The number of nitrogens with one attached hydrogen (secondary N) is 1. The number of nitrogens with zero attached hydrogens (tertiary/aromatic N) is 2. The van der Waals surface area contributed by atoms with Crippen LogP contribution in [0.25, 0.3) is 0 Å². The van der Waals surface area contributed by atoms with Gasteiger partial charge in [-0.2, -0.15) is 0 Å². The minimum Gasteiger partial charge on any atom is -0.314 e. The van der Waals surface area contributed by atoms with Crippen molar-refractivity contribution >= 4 is 9.84 Å². The van der Waals surface area contributed by atoms with Crippen molar-refractivity contribution in [3.05, 3.63) is 0 Å². The van der Waals surface area contributed by atoms with E-state index in [2.05, 4.69) is 29.0 Å². The molecule has 0 aromatic rings. The lowest BCUT2D eigenvalue weighted by molar-refractivity contribution is 0.0659. The van der Waals surface area contributed by atoms with E-state index in [0.717, 1.165) is 32.7 Å². The molecule has 0 aromatic carbocycles. The molecule has 0 amide bonds. The second kappa shape index (κ2) is 5.45. The molecule has 2 aliphatic heterocycles. The summed E-state index contributed by atoms with van der Waals surface area (Å²) in [4.78, 5) is 4.80. The smallest absolute Gasteiger partial charge is 0.152 e. The Morgan fingerprint density at radius 2 is 1.61 bits per heavy atom. The Kier molecular flexibility index (Phi) is 4.31. The van der Waals surface area contributed by atoms with Gasteiger partial charge in [-0.15, -0.1) is 0 Å². The summed E-state index contributed by atoms with van der Waals surface area (Å²) in [6.45, 7) is 11.1. The van der Waals surface area contributed by atoms with E-state index < -0.39 is 9.84 Å². The zero-order valence-electron chi connectivity index (χ0n) is 11.5. The highest BCUT2D eigenvalue weighted by Crippen LogP contribution is 2.18. The topological polar surface area (TPSA) is 52.7 Å². The first kappa shape index (κ1) is 14.2. The van der Waals surface area contributed by atoms with Crippen molar-refractivity contribution in [1.29, 1.82) is 0 Å². The molecule has 5 nitrogen and oxygen atoms in total. The predicted octanol–water partition coefficient (Wildman–Crippen LogP) is -0.599. The first-order chi connectivity index (χ1) is 8.39. The monoisotopic (exact) mass is 275 g/mol. The molecule has 0 aromatic heterocycles. The van der Waals surface area contributed by atoms with Gasteiger partial charge in [-0.1, -0.05) is 0 Å². The SMILES string of the molecule is CC(C)(CN1CCS(=O)(=O)CC1)N1CCNCC1. The molecule has 6 heteroatoms. The first-order valence-electron chi connectivity index (χ1n) is 6.78. The molecule has 2 rings (SSSR count). The summed E-state index contributed by atoms with van der Waals surface area (Å²) in [5.41, 5.74) is 0.128. The molecule has 2 heterocycles. The molecule has 1 N–H and O–H groups in total. The Morgan fingerprint density at radius 3 is 2.17 bits per heavy atom. The summed E-state index contributed by atoms with van der Waals surface area (Å²) < 4.78 is 22.8.